The fourth-order valence-electron chi connectivity index (χ4n) is 1.89. The number of phenols is 1. The van der Waals surface area contributed by atoms with Crippen molar-refractivity contribution in [2.45, 2.75) is 6.92 Å². The number of halogens is 1. The van der Waals surface area contributed by atoms with Crippen LogP contribution < -0.4 is 0 Å². The summed E-state index contributed by atoms with van der Waals surface area (Å²) < 4.78 is 18.5. The number of aryl methyl sites for hydroxylation is 1. The third kappa shape index (κ3) is 2.25. The van der Waals surface area contributed by atoms with E-state index in [0.29, 0.717) is 22.8 Å². The molecule has 1 aromatic heterocycles. The second-order valence-corrected chi connectivity index (χ2v) is 4.43. The molecule has 2 aromatic carbocycles. The lowest BCUT2D eigenvalue weighted by Gasteiger charge is -1.99. The molecular formula is C15H11FN2O2. The molecule has 3 aromatic rings. The molecule has 20 heavy (non-hydrogen) atoms. The standard InChI is InChI=1S/C15H11FN2O2/c1-9-2-5-11(16)8-13(9)14-17-15(20-18-14)10-3-6-12(19)7-4-10/h2-8,19H,1H3. The van der Waals surface area contributed by atoms with E-state index in [2.05, 4.69) is 10.1 Å². The molecular weight excluding hydrogens is 259 g/mol. The highest BCUT2D eigenvalue weighted by Crippen LogP contribution is 2.26. The normalized spacial score (nSPS) is 10.7. The minimum Gasteiger partial charge on any atom is -0.508 e. The van der Waals surface area contributed by atoms with Crippen molar-refractivity contribution < 1.29 is 14.0 Å². The number of phenolic OH excluding ortho intramolecular Hbond substituents is 1. The molecule has 0 aliphatic rings. The number of rotatable bonds is 2. The molecule has 3 rings (SSSR count). The molecule has 0 fully saturated rings. The van der Waals surface area contributed by atoms with Gasteiger partial charge in [-0.05, 0) is 48.9 Å². The van der Waals surface area contributed by atoms with Crippen LogP contribution in [0, 0.1) is 12.7 Å². The van der Waals surface area contributed by atoms with Gasteiger partial charge in [-0.1, -0.05) is 11.2 Å². The SMILES string of the molecule is Cc1ccc(F)cc1-c1noc(-c2ccc(O)cc2)n1. The molecule has 1 heterocycles. The first-order valence-corrected chi connectivity index (χ1v) is 6.03. The predicted octanol–water partition coefficient (Wildman–Crippen LogP) is 3.56. The fraction of sp³-hybridized carbons (Fsp3) is 0.0667. The monoisotopic (exact) mass is 270 g/mol. The van der Waals surface area contributed by atoms with Gasteiger partial charge in [0.05, 0.1) is 0 Å². The van der Waals surface area contributed by atoms with Gasteiger partial charge in [0.1, 0.15) is 11.6 Å². The van der Waals surface area contributed by atoms with Crippen molar-refractivity contribution in [3.8, 4) is 28.6 Å². The van der Waals surface area contributed by atoms with Crippen LogP contribution in [0.1, 0.15) is 5.56 Å². The van der Waals surface area contributed by atoms with Gasteiger partial charge in [-0.15, -0.1) is 0 Å². The Bertz CT molecular complexity index is 751. The third-order valence-corrected chi connectivity index (χ3v) is 2.98. The second-order valence-electron chi connectivity index (χ2n) is 4.43. The van der Waals surface area contributed by atoms with Crippen LogP contribution in [-0.4, -0.2) is 15.2 Å². The summed E-state index contributed by atoms with van der Waals surface area (Å²) in [6.45, 7) is 1.85. The molecule has 0 amide bonds. The Kier molecular flexibility index (Phi) is 2.95. The summed E-state index contributed by atoms with van der Waals surface area (Å²) in [7, 11) is 0. The first kappa shape index (κ1) is 12.3. The van der Waals surface area contributed by atoms with Crippen LogP contribution in [0.2, 0.25) is 0 Å². The van der Waals surface area contributed by atoms with Crippen molar-refractivity contribution in [3.05, 3.63) is 53.8 Å². The van der Waals surface area contributed by atoms with Gasteiger partial charge in [0.2, 0.25) is 5.82 Å². The molecule has 4 nitrogen and oxygen atoms in total. The highest BCUT2D eigenvalue weighted by atomic mass is 19.1. The van der Waals surface area contributed by atoms with Crippen LogP contribution >= 0.6 is 0 Å². The number of aromatic hydroxyl groups is 1. The Morgan fingerprint density at radius 2 is 1.85 bits per heavy atom. The molecule has 0 unspecified atom stereocenters. The lowest BCUT2D eigenvalue weighted by Crippen LogP contribution is -1.87. The summed E-state index contributed by atoms with van der Waals surface area (Å²) in [4.78, 5) is 4.26. The summed E-state index contributed by atoms with van der Waals surface area (Å²) in [6, 6.07) is 10.8. The molecule has 0 radical (unpaired) electrons. The largest absolute Gasteiger partial charge is 0.508 e. The van der Waals surface area contributed by atoms with E-state index in [-0.39, 0.29) is 11.6 Å². The Morgan fingerprint density at radius 3 is 2.60 bits per heavy atom. The summed E-state index contributed by atoms with van der Waals surface area (Å²) in [5.74, 6) is 0.477. The van der Waals surface area contributed by atoms with Gasteiger partial charge in [0, 0.05) is 11.1 Å². The lowest BCUT2D eigenvalue weighted by molar-refractivity contribution is 0.432. The van der Waals surface area contributed by atoms with Gasteiger partial charge >= 0.3 is 0 Å². The smallest absolute Gasteiger partial charge is 0.258 e. The van der Waals surface area contributed by atoms with E-state index in [9.17, 15) is 9.50 Å². The van der Waals surface area contributed by atoms with Crippen molar-refractivity contribution in [1.29, 1.82) is 0 Å². The Balaban J connectivity index is 2.01. The zero-order valence-electron chi connectivity index (χ0n) is 10.7. The first-order valence-electron chi connectivity index (χ1n) is 6.03. The van der Waals surface area contributed by atoms with E-state index < -0.39 is 0 Å². The number of nitrogens with zero attached hydrogens (tertiary/aromatic N) is 2. The maximum atomic E-state index is 13.3. The van der Waals surface area contributed by atoms with Gasteiger partial charge in [-0.3, -0.25) is 0 Å². The highest BCUT2D eigenvalue weighted by molar-refractivity contribution is 5.63. The molecule has 0 spiro atoms. The van der Waals surface area contributed by atoms with Gasteiger partial charge in [0.15, 0.2) is 0 Å². The maximum Gasteiger partial charge on any atom is 0.258 e. The van der Waals surface area contributed by atoms with Crippen LogP contribution in [0.25, 0.3) is 22.8 Å². The van der Waals surface area contributed by atoms with Gasteiger partial charge in [-0.25, -0.2) is 4.39 Å². The van der Waals surface area contributed by atoms with E-state index in [1.807, 2.05) is 6.92 Å². The van der Waals surface area contributed by atoms with Crippen molar-refractivity contribution in [1.82, 2.24) is 10.1 Å². The van der Waals surface area contributed by atoms with E-state index in [4.69, 9.17) is 4.52 Å². The maximum absolute atomic E-state index is 13.3. The summed E-state index contributed by atoms with van der Waals surface area (Å²) in [6.07, 6.45) is 0. The predicted molar refractivity (Wildman–Crippen MR) is 71.5 cm³/mol. The minimum atomic E-state index is -0.346. The van der Waals surface area contributed by atoms with E-state index >= 15 is 0 Å². The van der Waals surface area contributed by atoms with Gasteiger partial charge in [-0.2, -0.15) is 4.98 Å². The van der Waals surface area contributed by atoms with Crippen molar-refractivity contribution in [2.24, 2.45) is 0 Å². The number of benzene rings is 2. The first-order chi connectivity index (χ1) is 9.63. The lowest BCUT2D eigenvalue weighted by atomic mass is 10.1. The summed E-state index contributed by atoms with van der Waals surface area (Å²) >= 11 is 0. The quantitative estimate of drug-likeness (QED) is 0.773. The Labute approximate surface area is 114 Å². The van der Waals surface area contributed by atoms with Crippen LogP contribution in [0.5, 0.6) is 5.75 Å². The Morgan fingerprint density at radius 1 is 1.10 bits per heavy atom. The molecule has 0 aliphatic carbocycles. The summed E-state index contributed by atoms with van der Waals surface area (Å²) in [5, 5.41) is 13.1. The topological polar surface area (TPSA) is 59.2 Å². The average Bonchev–Trinajstić information content (AvgIpc) is 2.92. The number of aromatic nitrogens is 2. The fourth-order valence-corrected chi connectivity index (χ4v) is 1.89. The number of hydrogen-bond acceptors (Lipinski definition) is 4. The van der Waals surface area contributed by atoms with Gasteiger partial charge < -0.3 is 9.63 Å². The molecule has 5 heteroatoms. The minimum absolute atomic E-state index is 0.162. The molecule has 0 atom stereocenters. The summed E-state index contributed by atoms with van der Waals surface area (Å²) in [5.41, 5.74) is 2.15. The second kappa shape index (κ2) is 4.77. The third-order valence-electron chi connectivity index (χ3n) is 2.98. The van der Waals surface area contributed by atoms with Crippen molar-refractivity contribution in [3.63, 3.8) is 0 Å². The zero-order chi connectivity index (χ0) is 14.1. The molecule has 0 saturated heterocycles. The van der Waals surface area contributed by atoms with Crippen LogP contribution in [-0.2, 0) is 0 Å². The molecule has 0 saturated carbocycles. The van der Waals surface area contributed by atoms with Crippen LogP contribution in [0.15, 0.2) is 47.0 Å². The van der Waals surface area contributed by atoms with Crippen molar-refractivity contribution >= 4 is 0 Å². The molecule has 0 aliphatic heterocycles. The van der Waals surface area contributed by atoms with Crippen molar-refractivity contribution in [2.75, 3.05) is 0 Å². The molecule has 100 valence electrons. The Hall–Kier alpha value is -2.69. The van der Waals surface area contributed by atoms with Crippen LogP contribution in [0.3, 0.4) is 0 Å². The zero-order valence-corrected chi connectivity index (χ0v) is 10.7. The van der Waals surface area contributed by atoms with Crippen LogP contribution in [0.4, 0.5) is 4.39 Å². The highest BCUT2D eigenvalue weighted by Gasteiger charge is 2.13. The van der Waals surface area contributed by atoms with E-state index in [0.717, 1.165) is 5.56 Å². The number of hydrogen-bond donors (Lipinski definition) is 1. The molecule has 0 bridgehead atoms. The van der Waals surface area contributed by atoms with E-state index in [1.165, 1.54) is 24.3 Å². The molecule has 1 N–H and O–H groups in total. The van der Waals surface area contributed by atoms with Gasteiger partial charge in [0.25, 0.3) is 5.89 Å². The van der Waals surface area contributed by atoms with E-state index in [1.54, 1.807) is 18.2 Å². The average molecular weight is 270 g/mol.